The molecule has 0 aromatic carbocycles. The van der Waals surface area contributed by atoms with Gasteiger partial charge in [0.2, 0.25) is 0 Å². The summed E-state index contributed by atoms with van der Waals surface area (Å²) in [5.41, 5.74) is 0.160. The molecule has 2 aliphatic rings. The molecule has 4 unspecified atom stereocenters. The Morgan fingerprint density at radius 3 is 1.90 bits per heavy atom. The van der Waals surface area contributed by atoms with Gasteiger partial charge in [0.05, 0.1) is 12.2 Å². The van der Waals surface area contributed by atoms with Crippen LogP contribution >= 0.6 is 0 Å². The molecular weight excluding hydrogens is 356 g/mol. The molecule has 0 aliphatic heterocycles. The van der Waals surface area contributed by atoms with Gasteiger partial charge in [0.1, 0.15) is 0 Å². The summed E-state index contributed by atoms with van der Waals surface area (Å²) in [5.74, 6) is 3.23. The van der Waals surface area contributed by atoms with E-state index in [0.717, 1.165) is 24.7 Å². The van der Waals surface area contributed by atoms with Crippen molar-refractivity contribution in [3.8, 4) is 0 Å². The molecule has 0 bridgehead atoms. The summed E-state index contributed by atoms with van der Waals surface area (Å²) in [5, 5.41) is 22.0. The van der Waals surface area contributed by atoms with Crippen molar-refractivity contribution in [3.05, 3.63) is 0 Å². The zero-order valence-corrected chi connectivity index (χ0v) is 20.5. The Labute approximate surface area is 182 Å². The first-order valence-electron chi connectivity index (χ1n) is 12.9. The average Bonchev–Trinajstić information content (AvgIpc) is 2.67. The minimum absolute atomic E-state index is 0.160. The highest BCUT2D eigenvalue weighted by Gasteiger charge is 2.34. The Bertz CT molecular complexity index is 445. The van der Waals surface area contributed by atoms with Gasteiger partial charge in [0, 0.05) is 0 Å². The van der Waals surface area contributed by atoms with Gasteiger partial charge in [-0.05, 0) is 73.0 Å². The van der Waals surface area contributed by atoms with Crippen molar-refractivity contribution < 1.29 is 10.2 Å². The van der Waals surface area contributed by atoms with E-state index in [1.807, 2.05) is 0 Å². The number of aliphatic hydroxyl groups excluding tert-OH is 2. The molecular formula is C27H52O2. The second-order valence-electron chi connectivity index (χ2n) is 12.2. The van der Waals surface area contributed by atoms with E-state index < -0.39 is 0 Å². The number of aliphatic hydroxyl groups is 2. The molecule has 0 radical (unpaired) electrons. The normalized spacial score (nSPS) is 29.8. The lowest BCUT2D eigenvalue weighted by Crippen LogP contribution is -2.35. The van der Waals surface area contributed by atoms with Crippen molar-refractivity contribution in [2.45, 2.75) is 131 Å². The van der Waals surface area contributed by atoms with E-state index in [0.29, 0.717) is 23.7 Å². The summed E-state index contributed by atoms with van der Waals surface area (Å²) in [6, 6.07) is 0. The van der Waals surface area contributed by atoms with Crippen LogP contribution in [0, 0.1) is 40.9 Å². The third-order valence-corrected chi connectivity index (χ3v) is 8.47. The fourth-order valence-electron chi connectivity index (χ4n) is 6.81. The van der Waals surface area contributed by atoms with Crippen molar-refractivity contribution >= 4 is 0 Å². The first kappa shape index (κ1) is 25.2. The molecule has 5 atom stereocenters. The lowest BCUT2D eigenvalue weighted by atomic mass is 9.70. The third-order valence-electron chi connectivity index (χ3n) is 8.47. The van der Waals surface area contributed by atoms with E-state index in [1.165, 1.54) is 64.2 Å². The first-order valence-corrected chi connectivity index (χ1v) is 12.9. The Kier molecular flexibility index (Phi) is 10.00. The summed E-state index contributed by atoms with van der Waals surface area (Å²) in [4.78, 5) is 0. The minimum atomic E-state index is -0.198. The van der Waals surface area contributed by atoms with Crippen molar-refractivity contribution in [1.82, 2.24) is 0 Å². The molecule has 0 heterocycles. The van der Waals surface area contributed by atoms with Crippen LogP contribution in [0.4, 0.5) is 0 Å². The van der Waals surface area contributed by atoms with E-state index in [4.69, 9.17) is 0 Å². The van der Waals surface area contributed by atoms with Gasteiger partial charge in [-0.3, -0.25) is 0 Å². The lowest BCUT2D eigenvalue weighted by Gasteiger charge is -2.38. The molecule has 0 amide bonds. The minimum Gasteiger partial charge on any atom is -0.393 e. The molecule has 0 aromatic rings. The highest BCUT2D eigenvalue weighted by molar-refractivity contribution is 4.85. The van der Waals surface area contributed by atoms with Gasteiger partial charge in [-0.25, -0.2) is 0 Å². The smallest absolute Gasteiger partial charge is 0.0594 e. The summed E-state index contributed by atoms with van der Waals surface area (Å²) in [6.45, 7) is 13.8. The van der Waals surface area contributed by atoms with Gasteiger partial charge in [0.15, 0.2) is 0 Å². The predicted octanol–water partition coefficient (Wildman–Crippen LogP) is 7.22. The van der Waals surface area contributed by atoms with Gasteiger partial charge in [-0.15, -0.1) is 0 Å². The van der Waals surface area contributed by atoms with Crippen LogP contribution in [0.15, 0.2) is 0 Å². The van der Waals surface area contributed by atoms with Crippen molar-refractivity contribution in [1.29, 1.82) is 0 Å². The predicted molar refractivity (Wildman–Crippen MR) is 125 cm³/mol. The lowest BCUT2D eigenvalue weighted by molar-refractivity contribution is 0.00167. The summed E-state index contributed by atoms with van der Waals surface area (Å²) in [7, 11) is 0. The average molecular weight is 409 g/mol. The molecule has 0 spiro atoms. The van der Waals surface area contributed by atoms with Crippen molar-refractivity contribution in [3.63, 3.8) is 0 Å². The van der Waals surface area contributed by atoms with Crippen LogP contribution in [0.3, 0.4) is 0 Å². The van der Waals surface area contributed by atoms with Crippen LogP contribution in [-0.2, 0) is 0 Å². The van der Waals surface area contributed by atoms with Gasteiger partial charge in [0.25, 0.3) is 0 Å². The zero-order chi connectivity index (χ0) is 21.6. The number of hydrogen-bond acceptors (Lipinski definition) is 2. The van der Waals surface area contributed by atoms with Crippen molar-refractivity contribution in [2.75, 3.05) is 0 Å². The van der Waals surface area contributed by atoms with Gasteiger partial charge < -0.3 is 10.2 Å². The van der Waals surface area contributed by atoms with E-state index in [9.17, 15) is 10.2 Å². The zero-order valence-electron chi connectivity index (χ0n) is 20.5. The molecule has 2 nitrogen and oxygen atoms in total. The molecule has 0 saturated heterocycles. The monoisotopic (exact) mass is 408 g/mol. The fourth-order valence-corrected chi connectivity index (χ4v) is 6.81. The van der Waals surface area contributed by atoms with Crippen molar-refractivity contribution in [2.24, 2.45) is 40.9 Å². The molecule has 2 heteroatoms. The highest BCUT2D eigenvalue weighted by atomic mass is 16.3. The maximum atomic E-state index is 11.0. The molecule has 2 N–H and O–H groups in total. The van der Waals surface area contributed by atoms with E-state index in [1.54, 1.807) is 0 Å². The van der Waals surface area contributed by atoms with Crippen LogP contribution in [-0.4, -0.2) is 22.4 Å². The quantitative estimate of drug-likeness (QED) is 0.400. The fraction of sp³-hybridized carbons (Fsp3) is 1.00. The maximum Gasteiger partial charge on any atom is 0.0594 e. The molecule has 29 heavy (non-hydrogen) atoms. The van der Waals surface area contributed by atoms with Crippen LogP contribution < -0.4 is 0 Å². The molecule has 2 rings (SSSR count). The summed E-state index contributed by atoms with van der Waals surface area (Å²) >= 11 is 0. The Hall–Kier alpha value is -0.0800. The third kappa shape index (κ3) is 8.17. The van der Waals surface area contributed by atoms with E-state index in [2.05, 4.69) is 41.5 Å². The number of hydrogen-bond donors (Lipinski definition) is 2. The van der Waals surface area contributed by atoms with Crippen LogP contribution in [0.25, 0.3) is 0 Å². The SMILES string of the molecule is CC1CCC([C@@H](O)C(C)CC(C)(C)CC(C)C(O)C(C)CC2CCCCC2)CC1. The maximum absolute atomic E-state index is 11.0. The van der Waals surface area contributed by atoms with Gasteiger partial charge >= 0.3 is 0 Å². The summed E-state index contributed by atoms with van der Waals surface area (Å²) < 4.78 is 0. The molecule has 2 saturated carbocycles. The van der Waals surface area contributed by atoms with Crippen LogP contribution in [0.1, 0.15) is 119 Å². The molecule has 2 fully saturated rings. The summed E-state index contributed by atoms with van der Waals surface area (Å²) in [6.07, 6.45) is 14.8. The second-order valence-corrected chi connectivity index (χ2v) is 12.2. The Morgan fingerprint density at radius 1 is 0.759 bits per heavy atom. The standard InChI is InChI=1S/C27H52O2/c1-19-12-14-24(15-13-19)26(29)22(4)18-27(5,6)17-21(3)25(28)20(2)16-23-10-8-7-9-11-23/h19-26,28-29H,7-18H2,1-6H3/t19?,20?,21?,22?,24?,25?,26-/m0/s1. The Balaban J connectivity index is 1.79. The topological polar surface area (TPSA) is 40.5 Å². The highest BCUT2D eigenvalue weighted by Crippen LogP contribution is 2.40. The molecule has 0 aromatic heterocycles. The van der Waals surface area contributed by atoms with Gasteiger partial charge in [-0.1, -0.05) is 86.5 Å². The Morgan fingerprint density at radius 2 is 1.31 bits per heavy atom. The molecule has 172 valence electrons. The van der Waals surface area contributed by atoms with Crippen LogP contribution in [0.2, 0.25) is 0 Å². The second kappa shape index (κ2) is 11.5. The number of rotatable bonds is 10. The molecule has 2 aliphatic carbocycles. The largest absolute Gasteiger partial charge is 0.393 e. The van der Waals surface area contributed by atoms with E-state index in [-0.39, 0.29) is 17.6 Å². The van der Waals surface area contributed by atoms with Crippen LogP contribution in [0.5, 0.6) is 0 Å². The van der Waals surface area contributed by atoms with Gasteiger partial charge in [-0.2, -0.15) is 0 Å². The first-order chi connectivity index (χ1) is 13.6. The van der Waals surface area contributed by atoms with E-state index >= 15 is 0 Å².